The van der Waals surface area contributed by atoms with Crippen LogP contribution in [0.5, 0.6) is 0 Å². The van der Waals surface area contributed by atoms with Crippen molar-refractivity contribution in [2.24, 2.45) is 0 Å². The van der Waals surface area contributed by atoms with Crippen LogP contribution in [0.2, 0.25) is 0 Å². The molecule has 3 rings (SSSR count). The molecule has 28 heavy (non-hydrogen) atoms. The molecule has 2 aromatic carbocycles. The second-order valence-electron chi connectivity index (χ2n) is 6.91. The van der Waals surface area contributed by atoms with Crippen LogP contribution >= 0.6 is 0 Å². The Morgan fingerprint density at radius 2 is 1.75 bits per heavy atom. The van der Waals surface area contributed by atoms with Crippen LogP contribution in [0.1, 0.15) is 30.8 Å². The van der Waals surface area contributed by atoms with Gasteiger partial charge < -0.3 is 10.3 Å². The fraction of sp³-hybridized carbons (Fsp3) is 0.318. The number of nitrogens with one attached hydrogen (secondary N) is 2. The first-order valence-electron chi connectivity index (χ1n) is 9.58. The van der Waals surface area contributed by atoms with E-state index >= 15 is 0 Å². The zero-order valence-electron chi connectivity index (χ0n) is 16.6. The molecule has 1 amide bonds. The molecule has 6 heteroatoms. The van der Waals surface area contributed by atoms with Crippen molar-refractivity contribution in [1.29, 1.82) is 0 Å². The van der Waals surface area contributed by atoms with Crippen molar-refractivity contribution in [1.82, 2.24) is 14.9 Å². The third kappa shape index (κ3) is 4.46. The van der Waals surface area contributed by atoms with Gasteiger partial charge in [0.05, 0.1) is 24.0 Å². The Kier molecular flexibility index (Phi) is 6.21. The number of aromatic amines is 1. The van der Waals surface area contributed by atoms with Crippen LogP contribution in [0, 0.1) is 0 Å². The number of H-pyrrole nitrogens is 1. The van der Waals surface area contributed by atoms with Gasteiger partial charge in [0.1, 0.15) is 5.82 Å². The molecule has 1 heterocycles. The van der Waals surface area contributed by atoms with E-state index < -0.39 is 0 Å². The Labute approximate surface area is 164 Å². The highest BCUT2D eigenvalue weighted by Crippen LogP contribution is 2.22. The van der Waals surface area contributed by atoms with Gasteiger partial charge in [-0.3, -0.25) is 14.5 Å². The van der Waals surface area contributed by atoms with Crippen LogP contribution in [0.4, 0.5) is 5.69 Å². The SMILES string of the molecule is CCc1cccc(CC)c1NC(=O)CN(C)Cc1nc2ccccc2c(=O)[nH]1. The standard InChI is InChI=1S/C22H26N4O2/c1-4-15-9-8-10-16(5-2)21(15)25-20(27)14-26(3)13-19-23-18-12-7-6-11-17(18)22(28)24-19/h6-12H,4-5,13-14H2,1-3H3,(H,25,27)(H,23,24,28). The zero-order chi connectivity index (χ0) is 20.1. The van der Waals surface area contributed by atoms with E-state index in [0.29, 0.717) is 23.3 Å². The van der Waals surface area contributed by atoms with Crippen molar-refractivity contribution in [3.63, 3.8) is 0 Å². The molecule has 0 aliphatic heterocycles. The molecule has 0 saturated carbocycles. The van der Waals surface area contributed by atoms with E-state index in [1.54, 1.807) is 6.07 Å². The summed E-state index contributed by atoms with van der Waals surface area (Å²) in [5.41, 5.74) is 3.68. The van der Waals surface area contributed by atoms with Gasteiger partial charge in [0.25, 0.3) is 5.56 Å². The highest BCUT2D eigenvalue weighted by Gasteiger charge is 2.13. The van der Waals surface area contributed by atoms with Gasteiger partial charge in [0.2, 0.25) is 5.91 Å². The Hall–Kier alpha value is -2.99. The highest BCUT2D eigenvalue weighted by atomic mass is 16.2. The minimum atomic E-state index is -0.164. The first kappa shape index (κ1) is 19.8. The van der Waals surface area contributed by atoms with E-state index in [9.17, 15) is 9.59 Å². The summed E-state index contributed by atoms with van der Waals surface area (Å²) in [6.45, 7) is 4.75. The minimum Gasteiger partial charge on any atom is -0.324 e. The normalized spacial score (nSPS) is 11.1. The number of benzene rings is 2. The number of likely N-dealkylation sites (N-methyl/N-ethyl adjacent to an activating group) is 1. The lowest BCUT2D eigenvalue weighted by molar-refractivity contribution is -0.117. The summed E-state index contributed by atoms with van der Waals surface area (Å²) in [6, 6.07) is 13.3. The van der Waals surface area contributed by atoms with Crippen LogP contribution in [0.15, 0.2) is 47.3 Å². The molecule has 0 unspecified atom stereocenters. The van der Waals surface area contributed by atoms with Crippen LogP contribution in [0.25, 0.3) is 10.9 Å². The largest absolute Gasteiger partial charge is 0.324 e. The molecule has 0 bridgehead atoms. The van der Waals surface area contributed by atoms with Crippen molar-refractivity contribution in [2.75, 3.05) is 18.9 Å². The number of hydrogen-bond acceptors (Lipinski definition) is 4. The number of aromatic nitrogens is 2. The molecule has 0 aliphatic rings. The minimum absolute atomic E-state index is 0.0822. The number of fused-ring (bicyclic) bond motifs is 1. The molecule has 3 aromatic rings. The van der Waals surface area contributed by atoms with Crippen LogP contribution in [0.3, 0.4) is 0 Å². The number of hydrogen-bond donors (Lipinski definition) is 2. The summed E-state index contributed by atoms with van der Waals surface area (Å²) in [7, 11) is 1.83. The van der Waals surface area contributed by atoms with Gasteiger partial charge in [0, 0.05) is 5.69 Å². The molecular weight excluding hydrogens is 352 g/mol. The number of para-hydroxylation sites is 2. The first-order valence-corrected chi connectivity index (χ1v) is 9.58. The lowest BCUT2D eigenvalue weighted by Crippen LogP contribution is -2.31. The predicted molar refractivity (Wildman–Crippen MR) is 113 cm³/mol. The van der Waals surface area contributed by atoms with Crippen molar-refractivity contribution >= 4 is 22.5 Å². The third-order valence-electron chi connectivity index (χ3n) is 4.76. The molecule has 6 nitrogen and oxygen atoms in total. The summed E-state index contributed by atoms with van der Waals surface area (Å²) >= 11 is 0. The zero-order valence-corrected chi connectivity index (χ0v) is 16.6. The molecule has 1 aromatic heterocycles. The van der Waals surface area contributed by atoms with Gasteiger partial charge in [-0.25, -0.2) is 4.98 Å². The Morgan fingerprint density at radius 1 is 1.07 bits per heavy atom. The van der Waals surface area contributed by atoms with Gasteiger partial charge >= 0.3 is 0 Å². The average Bonchev–Trinajstić information content (AvgIpc) is 2.68. The second-order valence-corrected chi connectivity index (χ2v) is 6.91. The van der Waals surface area contributed by atoms with Crippen molar-refractivity contribution in [3.05, 3.63) is 69.8 Å². The smallest absolute Gasteiger partial charge is 0.258 e. The molecule has 0 radical (unpaired) electrons. The fourth-order valence-corrected chi connectivity index (χ4v) is 3.35. The fourth-order valence-electron chi connectivity index (χ4n) is 3.35. The number of nitrogens with zero attached hydrogens (tertiary/aromatic N) is 2. The van der Waals surface area contributed by atoms with E-state index in [-0.39, 0.29) is 18.0 Å². The third-order valence-corrected chi connectivity index (χ3v) is 4.76. The van der Waals surface area contributed by atoms with Crippen LogP contribution < -0.4 is 10.9 Å². The highest BCUT2D eigenvalue weighted by molar-refractivity contribution is 5.93. The number of rotatable bonds is 7. The van der Waals surface area contributed by atoms with Crippen molar-refractivity contribution in [2.45, 2.75) is 33.2 Å². The molecule has 146 valence electrons. The van der Waals surface area contributed by atoms with Gasteiger partial charge in [0.15, 0.2) is 0 Å². The number of carbonyl (C=O) groups excluding carboxylic acids is 1. The van der Waals surface area contributed by atoms with Gasteiger partial charge in [-0.2, -0.15) is 0 Å². The molecular formula is C22H26N4O2. The average molecular weight is 378 g/mol. The molecule has 0 aliphatic carbocycles. The number of carbonyl (C=O) groups is 1. The summed E-state index contributed by atoms with van der Waals surface area (Å²) < 4.78 is 0. The topological polar surface area (TPSA) is 78.1 Å². The van der Waals surface area contributed by atoms with E-state index in [2.05, 4.69) is 29.1 Å². The Balaban J connectivity index is 1.69. The van der Waals surface area contributed by atoms with E-state index in [0.717, 1.165) is 29.7 Å². The van der Waals surface area contributed by atoms with Gasteiger partial charge in [-0.05, 0) is 43.1 Å². The molecule has 0 fully saturated rings. The number of anilines is 1. The Morgan fingerprint density at radius 3 is 2.43 bits per heavy atom. The van der Waals surface area contributed by atoms with Gasteiger partial charge in [-0.15, -0.1) is 0 Å². The van der Waals surface area contributed by atoms with E-state index in [1.807, 2.05) is 48.3 Å². The molecule has 0 saturated heterocycles. The summed E-state index contributed by atoms with van der Waals surface area (Å²) in [5.74, 6) is 0.462. The summed E-state index contributed by atoms with van der Waals surface area (Å²) in [5, 5.41) is 3.63. The maximum atomic E-state index is 12.6. The maximum absolute atomic E-state index is 12.6. The summed E-state index contributed by atoms with van der Waals surface area (Å²) in [4.78, 5) is 33.9. The maximum Gasteiger partial charge on any atom is 0.258 e. The number of amides is 1. The quantitative estimate of drug-likeness (QED) is 0.662. The van der Waals surface area contributed by atoms with Crippen molar-refractivity contribution in [3.8, 4) is 0 Å². The number of aryl methyl sites for hydroxylation is 2. The van der Waals surface area contributed by atoms with Crippen LogP contribution in [-0.4, -0.2) is 34.4 Å². The van der Waals surface area contributed by atoms with Crippen molar-refractivity contribution < 1.29 is 4.79 Å². The van der Waals surface area contributed by atoms with Gasteiger partial charge in [-0.1, -0.05) is 44.2 Å². The molecule has 0 spiro atoms. The predicted octanol–water partition coefficient (Wildman–Crippen LogP) is 3.12. The molecule has 2 N–H and O–H groups in total. The Bertz CT molecular complexity index is 1020. The monoisotopic (exact) mass is 378 g/mol. The van der Waals surface area contributed by atoms with Crippen LogP contribution in [-0.2, 0) is 24.2 Å². The lowest BCUT2D eigenvalue weighted by Gasteiger charge is -2.18. The van der Waals surface area contributed by atoms with E-state index in [4.69, 9.17) is 0 Å². The molecule has 0 atom stereocenters. The first-order chi connectivity index (χ1) is 13.5. The lowest BCUT2D eigenvalue weighted by atomic mass is 10.0. The summed E-state index contributed by atoms with van der Waals surface area (Å²) in [6.07, 6.45) is 1.73. The van der Waals surface area contributed by atoms with E-state index in [1.165, 1.54) is 0 Å². The second kappa shape index (κ2) is 8.80.